The average Bonchev–Trinajstić information content (AvgIpc) is 2.91. The van der Waals surface area contributed by atoms with Gasteiger partial charge in [0.1, 0.15) is 24.6 Å². The highest BCUT2D eigenvalue weighted by Gasteiger charge is 2.26. The summed E-state index contributed by atoms with van der Waals surface area (Å²) in [6.07, 6.45) is 2.96. The Morgan fingerprint density at radius 3 is 2.68 bits per heavy atom. The zero-order valence-corrected chi connectivity index (χ0v) is 21.5. The number of hydrogen-bond donors (Lipinski definition) is 2. The van der Waals surface area contributed by atoms with Gasteiger partial charge < -0.3 is 19.7 Å². The minimum absolute atomic E-state index is 0.0346. The van der Waals surface area contributed by atoms with Crippen molar-refractivity contribution in [3.63, 3.8) is 0 Å². The van der Waals surface area contributed by atoms with E-state index in [4.69, 9.17) is 14.8 Å². The molecule has 1 fully saturated rings. The molecule has 0 aliphatic carbocycles. The molecule has 38 heavy (non-hydrogen) atoms. The molecular weight excluding hydrogens is 494 g/mol. The molecule has 11 heteroatoms. The maximum absolute atomic E-state index is 14.8. The molecule has 2 aromatic carbocycles. The number of anilines is 1. The number of amidine groups is 1. The normalized spacial score (nSPS) is 14.8. The van der Waals surface area contributed by atoms with E-state index in [0.717, 1.165) is 12.8 Å². The van der Waals surface area contributed by atoms with Crippen LogP contribution >= 0.6 is 0 Å². The van der Waals surface area contributed by atoms with Crippen LogP contribution in [0.3, 0.4) is 0 Å². The lowest BCUT2D eigenvalue weighted by Gasteiger charge is -2.32. The number of aliphatic hydroxyl groups excluding tert-OH is 1. The van der Waals surface area contributed by atoms with Gasteiger partial charge in [0.15, 0.2) is 17.4 Å². The molecule has 0 unspecified atom stereocenters. The zero-order chi connectivity index (χ0) is 27.1. The van der Waals surface area contributed by atoms with Gasteiger partial charge in [-0.3, -0.25) is 0 Å². The zero-order valence-electron chi connectivity index (χ0n) is 21.5. The van der Waals surface area contributed by atoms with E-state index in [0.29, 0.717) is 59.3 Å². The molecule has 0 radical (unpaired) electrons. The molecule has 0 bridgehead atoms. The van der Waals surface area contributed by atoms with E-state index >= 15 is 0 Å². The highest BCUT2D eigenvalue weighted by atomic mass is 19.1. The number of halogens is 2. The molecule has 0 saturated carbocycles. The second-order valence-corrected chi connectivity index (χ2v) is 9.47. The van der Waals surface area contributed by atoms with Crippen molar-refractivity contribution in [3.05, 3.63) is 48.3 Å². The predicted molar refractivity (Wildman–Crippen MR) is 143 cm³/mol. The number of rotatable bonds is 10. The number of hydrogen-bond acceptors (Lipinski definition) is 8. The summed E-state index contributed by atoms with van der Waals surface area (Å²) in [6.45, 7) is 9.57. The van der Waals surface area contributed by atoms with Crippen molar-refractivity contribution in [1.82, 2.24) is 15.4 Å². The van der Waals surface area contributed by atoms with Crippen LogP contribution in [0.25, 0.3) is 22.0 Å². The van der Waals surface area contributed by atoms with Crippen LogP contribution in [0.2, 0.25) is 0 Å². The van der Waals surface area contributed by atoms with E-state index in [1.807, 2.05) is 13.8 Å². The fraction of sp³-hybridized carbons (Fsp3) is 0.407. The molecule has 1 aliphatic rings. The summed E-state index contributed by atoms with van der Waals surface area (Å²) in [5, 5.41) is 13.6. The van der Waals surface area contributed by atoms with Crippen LogP contribution < -0.4 is 15.2 Å². The SMILES string of the molecule is C=N/C(=N\OCC(C)C)C1CCN(c2ncnc3c(-c4ccc(ONCCO)c(F)c4)cc(F)cc23)CC1. The summed E-state index contributed by atoms with van der Waals surface area (Å²) >= 11 is 0. The largest absolute Gasteiger partial charge is 0.406 e. The first-order valence-corrected chi connectivity index (χ1v) is 12.6. The lowest BCUT2D eigenvalue weighted by Crippen LogP contribution is -2.36. The van der Waals surface area contributed by atoms with E-state index in [1.54, 1.807) is 6.07 Å². The Morgan fingerprint density at radius 2 is 2.00 bits per heavy atom. The van der Waals surface area contributed by atoms with Crippen LogP contribution in [-0.2, 0) is 4.84 Å². The number of aliphatic hydroxyl groups is 1. The van der Waals surface area contributed by atoms with Crippen molar-refractivity contribution < 1.29 is 23.6 Å². The molecule has 4 rings (SSSR count). The Labute approximate surface area is 220 Å². The molecule has 202 valence electrons. The first-order chi connectivity index (χ1) is 18.4. The van der Waals surface area contributed by atoms with Gasteiger partial charge >= 0.3 is 0 Å². The van der Waals surface area contributed by atoms with E-state index in [2.05, 4.69) is 37.2 Å². The van der Waals surface area contributed by atoms with Gasteiger partial charge in [-0.2, -0.15) is 5.48 Å². The maximum Gasteiger partial charge on any atom is 0.182 e. The van der Waals surface area contributed by atoms with Gasteiger partial charge in [0.25, 0.3) is 0 Å². The van der Waals surface area contributed by atoms with Gasteiger partial charge in [0.2, 0.25) is 0 Å². The van der Waals surface area contributed by atoms with E-state index < -0.39 is 11.6 Å². The van der Waals surface area contributed by atoms with Gasteiger partial charge in [-0.05, 0) is 55.3 Å². The third kappa shape index (κ3) is 6.40. The fourth-order valence-electron chi connectivity index (χ4n) is 4.35. The lowest BCUT2D eigenvalue weighted by atomic mass is 9.95. The van der Waals surface area contributed by atoms with Crippen molar-refractivity contribution in [2.75, 3.05) is 37.7 Å². The van der Waals surface area contributed by atoms with Gasteiger partial charge in [-0.25, -0.2) is 23.7 Å². The maximum atomic E-state index is 14.8. The summed E-state index contributed by atoms with van der Waals surface area (Å²) in [5.41, 5.74) is 3.87. The Kier molecular flexibility index (Phi) is 9.14. The van der Waals surface area contributed by atoms with Gasteiger partial charge in [0.05, 0.1) is 18.7 Å². The van der Waals surface area contributed by atoms with Crippen molar-refractivity contribution in [3.8, 4) is 16.9 Å². The number of piperidine rings is 1. The monoisotopic (exact) mass is 526 g/mol. The van der Waals surface area contributed by atoms with Crippen LogP contribution in [0.1, 0.15) is 26.7 Å². The Hall–Kier alpha value is -3.70. The molecule has 1 saturated heterocycles. The molecule has 3 aromatic rings. The second kappa shape index (κ2) is 12.7. The first kappa shape index (κ1) is 27.3. The molecule has 2 N–H and O–H groups in total. The van der Waals surface area contributed by atoms with Crippen LogP contribution in [0, 0.1) is 23.5 Å². The third-order valence-electron chi connectivity index (χ3n) is 6.21. The molecular formula is C27H32F2N6O3. The second-order valence-electron chi connectivity index (χ2n) is 9.47. The molecule has 0 amide bonds. The molecule has 0 atom stereocenters. The number of aromatic nitrogens is 2. The van der Waals surface area contributed by atoms with E-state index in [-0.39, 0.29) is 24.8 Å². The summed E-state index contributed by atoms with van der Waals surface area (Å²) < 4.78 is 29.5. The molecule has 1 aromatic heterocycles. The minimum atomic E-state index is -0.632. The average molecular weight is 527 g/mol. The molecule has 0 spiro atoms. The highest BCUT2D eigenvalue weighted by molar-refractivity contribution is 5.99. The number of nitrogens with one attached hydrogen (secondary N) is 1. The van der Waals surface area contributed by atoms with Crippen LogP contribution in [0.15, 0.2) is 46.8 Å². The Morgan fingerprint density at radius 1 is 1.21 bits per heavy atom. The number of nitrogens with zero attached hydrogens (tertiary/aromatic N) is 5. The van der Waals surface area contributed by atoms with Crippen LogP contribution in [0.5, 0.6) is 5.75 Å². The van der Waals surface area contributed by atoms with Gasteiger partial charge in [-0.1, -0.05) is 25.1 Å². The van der Waals surface area contributed by atoms with Crippen molar-refractivity contribution in [2.24, 2.45) is 22.0 Å². The Balaban J connectivity index is 1.57. The van der Waals surface area contributed by atoms with Crippen molar-refractivity contribution in [1.29, 1.82) is 0 Å². The molecule has 2 heterocycles. The fourth-order valence-corrected chi connectivity index (χ4v) is 4.35. The van der Waals surface area contributed by atoms with Gasteiger partial charge in [-0.15, -0.1) is 0 Å². The van der Waals surface area contributed by atoms with Crippen molar-refractivity contribution >= 4 is 29.3 Å². The summed E-state index contributed by atoms with van der Waals surface area (Å²) in [7, 11) is 0. The summed E-state index contributed by atoms with van der Waals surface area (Å²) in [4.78, 5) is 25.6. The topological polar surface area (TPSA) is 104 Å². The number of hydroxylamine groups is 1. The smallest absolute Gasteiger partial charge is 0.182 e. The summed E-state index contributed by atoms with van der Waals surface area (Å²) in [6, 6.07) is 7.08. The van der Waals surface area contributed by atoms with Crippen LogP contribution in [0.4, 0.5) is 14.6 Å². The quantitative estimate of drug-likeness (QED) is 0.175. The van der Waals surface area contributed by atoms with Crippen molar-refractivity contribution in [2.45, 2.75) is 26.7 Å². The van der Waals surface area contributed by atoms with E-state index in [1.165, 1.54) is 30.6 Å². The Bertz CT molecular complexity index is 1300. The highest BCUT2D eigenvalue weighted by Crippen LogP contribution is 2.35. The first-order valence-electron chi connectivity index (χ1n) is 12.6. The number of oxime groups is 1. The van der Waals surface area contributed by atoms with Crippen LogP contribution in [-0.4, -0.2) is 60.5 Å². The lowest BCUT2D eigenvalue weighted by molar-refractivity contribution is 0.116. The summed E-state index contributed by atoms with van der Waals surface area (Å²) in [5.74, 6) is 0.527. The third-order valence-corrected chi connectivity index (χ3v) is 6.21. The number of benzene rings is 2. The standard InChI is InChI=1S/C27H32F2N6O3/c1-17(2)15-37-34-26(30-3)18-6-9-35(10-7-18)27-22-14-20(28)13-21(25(22)31-16-32-27)19-4-5-24(23(29)12-19)38-33-8-11-36/h4-5,12-14,16-18,33,36H,3,6-11,15H2,1-2H3/b34-26-. The van der Waals surface area contributed by atoms with E-state index in [9.17, 15) is 8.78 Å². The molecule has 9 nitrogen and oxygen atoms in total. The van der Waals surface area contributed by atoms with Gasteiger partial charge in [0, 0.05) is 30.0 Å². The predicted octanol–water partition coefficient (Wildman–Crippen LogP) is 4.35. The number of aliphatic imine (C=N–C) groups is 1. The molecule has 1 aliphatic heterocycles. The number of fused-ring (bicyclic) bond motifs is 1. The minimum Gasteiger partial charge on any atom is -0.406 e.